The van der Waals surface area contributed by atoms with E-state index in [4.69, 9.17) is 15.4 Å². The van der Waals surface area contributed by atoms with Crippen LogP contribution in [0, 0.1) is 18.7 Å². The summed E-state index contributed by atoms with van der Waals surface area (Å²) in [5.41, 5.74) is -0.290. The maximum absolute atomic E-state index is 13.7. The van der Waals surface area contributed by atoms with Crippen LogP contribution in [0.5, 0.6) is 0 Å². The zero-order valence-electron chi connectivity index (χ0n) is 12.2. The van der Waals surface area contributed by atoms with Gasteiger partial charge in [-0.1, -0.05) is 20.3 Å². The molecule has 0 spiro atoms. The molecule has 0 saturated carbocycles. The molecule has 1 aromatic rings. The average Bonchev–Trinajstić information content (AvgIpc) is 2.38. The molecule has 0 amide bonds. The van der Waals surface area contributed by atoms with Crippen LogP contribution < -0.4 is 0 Å². The van der Waals surface area contributed by atoms with Crippen LogP contribution in [-0.2, 0) is 13.8 Å². The highest BCUT2D eigenvalue weighted by Gasteiger charge is 2.21. The van der Waals surface area contributed by atoms with Gasteiger partial charge in [0.1, 0.15) is 5.82 Å². The Morgan fingerprint density at radius 3 is 2.57 bits per heavy atom. The topological polar surface area (TPSA) is 60.4 Å². The predicted molar refractivity (Wildman–Crippen MR) is 78.5 cm³/mol. The average molecular weight is 337 g/mol. The van der Waals surface area contributed by atoms with E-state index in [9.17, 15) is 17.6 Å². The molecule has 4 nitrogen and oxygen atoms in total. The second-order valence-electron chi connectivity index (χ2n) is 5.01. The van der Waals surface area contributed by atoms with Crippen molar-refractivity contribution in [2.24, 2.45) is 5.92 Å². The fraction of sp³-hybridized carbons (Fsp3) is 0.500. The molecular weight excluding hydrogens is 319 g/mol. The Kier molecular flexibility index (Phi) is 6.16. The van der Waals surface area contributed by atoms with Crippen LogP contribution in [0.15, 0.2) is 17.0 Å². The molecule has 0 saturated heterocycles. The number of hydrogen-bond donors (Lipinski definition) is 0. The van der Waals surface area contributed by atoms with Crippen molar-refractivity contribution in [2.75, 3.05) is 6.61 Å². The van der Waals surface area contributed by atoms with Crippen molar-refractivity contribution in [1.29, 1.82) is 0 Å². The molecule has 1 unspecified atom stereocenters. The highest BCUT2D eigenvalue weighted by Crippen LogP contribution is 2.24. The molecule has 0 aliphatic rings. The molecule has 0 aliphatic carbocycles. The summed E-state index contributed by atoms with van der Waals surface area (Å²) in [6, 6.07) is 1.99. The third kappa shape index (κ3) is 4.97. The summed E-state index contributed by atoms with van der Waals surface area (Å²) in [5, 5.41) is 0. The molecule has 0 aromatic heterocycles. The zero-order chi connectivity index (χ0) is 16.2. The van der Waals surface area contributed by atoms with Gasteiger partial charge in [-0.3, -0.25) is 0 Å². The van der Waals surface area contributed by atoms with Gasteiger partial charge in [0.05, 0.1) is 17.1 Å². The molecule has 0 radical (unpaired) electrons. The number of carbonyl (C=O) groups excluding carboxylic acids is 1. The lowest BCUT2D eigenvalue weighted by atomic mass is 10.1. The first-order valence-corrected chi connectivity index (χ1v) is 8.89. The van der Waals surface area contributed by atoms with Crippen molar-refractivity contribution >= 4 is 25.7 Å². The lowest BCUT2D eigenvalue weighted by Crippen LogP contribution is -2.13. The third-order valence-electron chi connectivity index (χ3n) is 3.08. The van der Waals surface area contributed by atoms with Gasteiger partial charge in [0.2, 0.25) is 0 Å². The number of ether oxygens (including phenoxy) is 1. The minimum Gasteiger partial charge on any atom is -0.462 e. The lowest BCUT2D eigenvalue weighted by Gasteiger charge is -2.12. The van der Waals surface area contributed by atoms with Crippen molar-refractivity contribution < 1.29 is 22.3 Å². The summed E-state index contributed by atoms with van der Waals surface area (Å²) >= 11 is 0. The van der Waals surface area contributed by atoms with E-state index >= 15 is 0 Å². The van der Waals surface area contributed by atoms with Gasteiger partial charge < -0.3 is 4.74 Å². The maximum Gasteiger partial charge on any atom is 0.338 e. The minimum atomic E-state index is -4.13. The number of rotatable bonds is 6. The van der Waals surface area contributed by atoms with Crippen LogP contribution >= 0.6 is 10.7 Å². The van der Waals surface area contributed by atoms with Crippen LogP contribution in [0.3, 0.4) is 0 Å². The van der Waals surface area contributed by atoms with Gasteiger partial charge in [0, 0.05) is 16.2 Å². The zero-order valence-corrected chi connectivity index (χ0v) is 13.7. The SMILES string of the molecule is CCCC(C)COC(=O)c1cc(F)c(C)c(S(=O)(=O)Cl)c1. The van der Waals surface area contributed by atoms with Crippen molar-refractivity contribution in [3.8, 4) is 0 Å². The van der Waals surface area contributed by atoms with Gasteiger partial charge in [-0.05, 0) is 31.4 Å². The molecule has 0 N–H and O–H groups in total. The molecule has 21 heavy (non-hydrogen) atoms. The first-order chi connectivity index (χ1) is 9.66. The van der Waals surface area contributed by atoms with Gasteiger partial charge in [-0.2, -0.15) is 0 Å². The Labute approximate surface area is 128 Å². The molecule has 0 fully saturated rings. The smallest absolute Gasteiger partial charge is 0.338 e. The Balaban J connectivity index is 2.99. The number of halogens is 2. The number of esters is 1. The highest BCUT2D eigenvalue weighted by molar-refractivity contribution is 8.13. The third-order valence-corrected chi connectivity index (χ3v) is 4.52. The fourth-order valence-corrected chi connectivity index (χ4v) is 3.11. The van der Waals surface area contributed by atoms with E-state index in [-0.39, 0.29) is 23.7 Å². The fourth-order valence-electron chi connectivity index (χ4n) is 1.90. The van der Waals surface area contributed by atoms with E-state index in [0.29, 0.717) is 0 Å². The molecule has 0 bridgehead atoms. The van der Waals surface area contributed by atoms with E-state index in [2.05, 4.69) is 0 Å². The molecule has 1 atom stereocenters. The molecule has 0 heterocycles. The van der Waals surface area contributed by atoms with E-state index in [1.807, 2.05) is 13.8 Å². The normalized spacial score (nSPS) is 13.0. The van der Waals surface area contributed by atoms with E-state index in [0.717, 1.165) is 25.0 Å². The first-order valence-electron chi connectivity index (χ1n) is 6.58. The van der Waals surface area contributed by atoms with Crippen LogP contribution in [0.2, 0.25) is 0 Å². The quantitative estimate of drug-likeness (QED) is 0.587. The van der Waals surface area contributed by atoms with Crippen LogP contribution in [0.1, 0.15) is 42.6 Å². The number of benzene rings is 1. The second kappa shape index (κ2) is 7.22. The van der Waals surface area contributed by atoms with E-state index in [1.165, 1.54) is 6.92 Å². The molecule has 0 aliphatic heterocycles. The molecule has 1 aromatic carbocycles. The number of hydrogen-bond acceptors (Lipinski definition) is 4. The first kappa shape index (κ1) is 17.9. The molecular formula is C14H18ClFO4S. The van der Waals surface area contributed by atoms with Crippen LogP contribution in [-0.4, -0.2) is 21.0 Å². The van der Waals surface area contributed by atoms with Crippen LogP contribution in [0.4, 0.5) is 4.39 Å². The van der Waals surface area contributed by atoms with Gasteiger partial charge in [0.25, 0.3) is 9.05 Å². The number of carbonyl (C=O) groups is 1. The van der Waals surface area contributed by atoms with Gasteiger partial charge >= 0.3 is 5.97 Å². The summed E-state index contributed by atoms with van der Waals surface area (Å²) in [7, 11) is 1.11. The molecule has 118 valence electrons. The van der Waals surface area contributed by atoms with Crippen molar-refractivity contribution in [1.82, 2.24) is 0 Å². The Bertz CT molecular complexity index is 628. The predicted octanol–water partition coefficient (Wildman–Crippen LogP) is 3.65. The lowest BCUT2D eigenvalue weighted by molar-refractivity contribution is 0.0442. The molecule has 1 rings (SSSR count). The standard InChI is InChI=1S/C14H18ClFO4S/c1-4-5-9(2)8-20-14(17)11-6-12(16)10(3)13(7-11)21(15,18)19/h6-7,9H,4-5,8H2,1-3H3. The Hall–Kier alpha value is -1.14. The minimum absolute atomic E-state index is 0.124. The van der Waals surface area contributed by atoms with Crippen LogP contribution in [0.25, 0.3) is 0 Å². The summed E-state index contributed by atoms with van der Waals surface area (Å²) in [5.74, 6) is -1.39. The monoisotopic (exact) mass is 336 g/mol. The van der Waals surface area contributed by atoms with Crippen molar-refractivity contribution in [3.63, 3.8) is 0 Å². The van der Waals surface area contributed by atoms with Gasteiger partial charge in [0.15, 0.2) is 0 Å². The largest absolute Gasteiger partial charge is 0.462 e. The summed E-state index contributed by atoms with van der Waals surface area (Å²) in [6.07, 6.45) is 1.86. The highest BCUT2D eigenvalue weighted by atomic mass is 35.7. The summed E-state index contributed by atoms with van der Waals surface area (Å²) in [6.45, 7) is 5.43. The van der Waals surface area contributed by atoms with Crippen molar-refractivity contribution in [3.05, 3.63) is 29.1 Å². The summed E-state index contributed by atoms with van der Waals surface area (Å²) < 4.78 is 41.5. The summed E-state index contributed by atoms with van der Waals surface area (Å²) in [4.78, 5) is 11.5. The maximum atomic E-state index is 13.7. The molecule has 7 heteroatoms. The van der Waals surface area contributed by atoms with Crippen molar-refractivity contribution in [2.45, 2.75) is 38.5 Å². The Morgan fingerprint density at radius 2 is 2.05 bits per heavy atom. The van der Waals surface area contributed by atoms with Gasteiger partial charge in [-0.15, -0.1) is 0 Å². The van der Waals surface area contributed by atoms with E-state index < -0.39 is 25.7 Å². The second-order valence-corrected chi connectivity index (χ2v) is 7.55. The van der Waals surface area contributed by atoms with E-state index in [1.54, 1.807) is 0 Å². The Morgan fingerprint density at radius 1 is 1.43 bits per heavy atom. The van der Waals surface area contributed by atoms with Gasteiger partial charge in [-0.25, -0.2) is 17.6 Å².